The number of rotatable bonds is 11. The monoisotopic (exact) mass is 575 g/mol. The van der Waals surface area contributed by atoms with Gasteiger partial charge in [0.1, 0.15) is 12.6 Å². The minimum atomic E-state index is -4.14. The predicted molar refractivity (Wildman–Crippen MR) is 152 cm³/mol. The van der Waals surface area contributed by atoms with Gasteiger partial charge >= 0.3 is 0 Å². The molecule has 2 atom stereocenters. The quantitative estimate of drug-likeness (QED) is 0.326. The van der Waals surface area contributed by atoms with Crippen LogP contribution >= 0.6 is 23.2 Å². The fraction of sp³-hybridized carbons (Fsp3) is 0.286. The van der Waals surface area contributed by atoms with Crippen LogP contribution in [0.2, 0.25) is 10.0 Å². The van der Waals surface area contributed by atoms with Gasteiger partial charge in [-0.05, 0) is 68.3 Å². The summed E-state index contributed by atoms with van der Waals surface area (Å²) in [6.07, 6.45) is 0.724. The van der Waals surface area contributed by atoms with Crippen molar-refractivity contribution in [3.63, 3.8) is 0 Å². The molecule has 1 N–H and O–H groups in total. The van der Waals surface area contributed by atoms with E-state index < -0.39 is 28.5 Å². The van der Waals surface area contributed by atoms with Crippen molar-refractivity contribution in [1.82, 2.24) is 10.2 Å². The van der Waals surface area contributed by atoms with Crippen LogP contribution in [0.3, 0.4) is 0 Å². The van der Waals surface area contributed by atoms with E-state index in [1.807, 2.05) is 13.8 Å². The summed E-state index contributed by atoms with van der Waals surface area (Å²) in [5.74, 6) is -0.881. The zero-order valence-corrected chi connectivity index (χ0v) is 23.8. The molecule has 0 radical (unpaired) electrons. The third kappa shape index (κ3) is 7.49. The summed E-state index contributed by atoms with van der Waals surface area (Å²) >= 11 is 12.2. The number of amides is 2. The summed E-state index contributed by atoms with van der Waals surface area (Å²) < 4.78 is 28.4. The van der Waals surface area contributed by atoms with Crippen molar-refractivity contribution < 1.29 is 18.0 Å². The molecule has 0 aromatic heterocycles. The zero-order valence-electron chi connectivity index (χ0n) is 21.5. The van der Waals surface area contributed by atoms with Gasteiger partial charge in [0, 0.05) is 22.6 Å². The highest BCUT2D eigenvalue weighted by Gasteiger charge is 2.32. The molecule has 7 nitrogen and oxygen atoms in total. The summed E-state index contributed by atoms with van der Waals surface area (Å²) in [5, 5.41) is 3.76. The van der Waals surface area contributed by atoms with E-state index in [2.05, 4.69) is 5.32 Å². The smallest absolute Gasteiger partial charge is 0.264 e. The Bertz CT molecular complexity index is 1350. The van der Waals surface area contributed by atoms with Crippen LogP contribution in [0.5, 0.6) is 0 Å². The number of benzene rings is 3. The molecule has 0 aliphatic carbocycles. The Hall–Kier alpha value is -3.07. The van der Waals surface area contributed by atoms with Crippen LogP contribution in [0, 0.1) is 0 Å². The third-order valence-corrected chi connectivity index (χ3v) is 8.42. The Morgan fingerprint density at radius 2 is 1.55 bits per heavy atom. The molecule has 0 saturated carbocycles. The minimum absolute atomic E-state index is 0.0274. The lowest BCUT2D eigenvalue weighted by atomic mass is 10.1. The maximum Gasteiger partial charge on any atom is 0.264 e. The Morgan fingerprint density at radius 1 is 0.895 bits per heavy atom. The standard InChI is InChI=1S/C28H31Cl2N3O4S/c1-4-20(2)31-28(35)21(3)32(18-22-13-15-23(29)16-14-22)27(34)19-33(25-10-8-9-24(30)17-25)38(36,37)26-11-6-5-7-12-26/h5-17,20-21H,4,18-19H2,1-3H3,(H,31,35)/t20-,21-/m1/s1. The minimum Gasteiger partial charge on any atom is -0.352 e. The highest BCUT2D eigenvalue weighted by atomic mass is 35.5. The molecule has 3 rings (SSSR count). The van der Waals surface area contributed by atoms with Gasteiger partial charge in [-0.25, -0.2) is 8.42 Å². The lowest BCUT2D eigenvalue weighted by Gasteiger charge is -2.32. The lowest BCUT2D eigenvalue weighted by molar-refractivity contribution is -0.139. The van der Waals surface area contributed by atoms with Crippen molar-refractivity contribution in [1.29, 1.82) is 0 Å². The van der Waals surface area contributed by atoms with E-state index in [-0.39, 0.29) is 29.1 Å². The highest BCUT2D eigenvalue weighted by molar-refractivity contribution is 7.92. The molecule has 0 spiro atoms. The summed E-state index contributed by atoms with van der Waals surface area (Å²) in [6.45, 7) is 5.00. The molecular weight excluding hydrogens is 545 g/mol. The first-order chi connectivity index (χ1) is 18.0. The summed E-state index contributed by atoms with van der Waals surface area (Å²) in [6, 6.07) is 20.1. The number of halogens is 2. The maximum absolute atomic E-state index is 13.8. The van der Waals surface area contributed by atoms with E-state index in [9.17, 15) is 18.0 Å². The second kappa shape index (κ2) is 13.1. The largest absolute Gasteiger partial charge is 0.352 e. The Balaban J connectivity index is 2.01. The van der Waals surface area contributed by atoms with Crippen molar-refractivity contribution in [3.05, 3.63) is 94.5 Å². The van der Waals surface area contributed by atoms with Crippen molar-refractivity contribution in [2.24, 2.45) is 0 Å². The molecule has 202 valence electrons. The average Bonchev–Trinajstić information content (AvgIpc) is 2.91. The molecule has 0 aliphatic heterocycles. The number of anilines is 1. The molecule has 0 unspecified atom stereocenters. The third-order valence-electron chi connectivity index (χ3n) is 6.14. The first kappa shape index (κ1) is 29.5. The molecule has 0 saturated heterocycles. The number of carbonyl (C=O) groups excluding carboxylic acids is 2. The average molecular weight is 577 g/mol. The number of sulfonamides is 1. The number of nitrogens with zero attached hydrogens (tertiary/aromatic N) is 2. The van der Waals surface area contributed by atoms with Gasteiger partial charge in [-0.2, -0.15) is 0 Å². The molecular formula is C28H31Cl2N3O4S. The second-order valence-electron chi connectivity index (χ2n) is 8.95. The highest BCUT2D eigenvalue weighted by Crippen LogP contribution is 2.27. The van der Waals surface area contributed by atoms with Gasteiger partial charge in [-0.15, -0.1) is 0 Å². The normalized spacial score (nSPS) is 12.9. The van der Waals surface area contributed by atoms with E-state index >= 15 is 0 Å². The van der Waals surface area contributed by atoms with E-state index in [0.29, 0.717) is 10.0 Å². The predicted octanol–water partition coefficient (Wildman–Crippen LogP) is 5.52. The molecule has 0 aliphatic rings. The van der Waals surface area contributed by atoms with Gasteiger partial charge in [-0.3, -0.25) is 13.9 Å². The van der Waals surface area contributed by atoms with E-state index in [4.69, 9.17) is 23.2 Å². The van der Waals surface area contributed by atoms with Gasteiger partial charge in [0.05, 0.1) is 10.6 Å². The fourth-order valence-corrected chi connectivity index (χ4v) is 5.45. The van der Waals surface area contributed by atoms with Crippen LogP contribution in [0.1, 0.15) is 32.8 Å². The van der Waals surface area contributed by atoms with Crippen molar-refractivity contribution >= 4 is 50.7 Å². The maximum atomic E-state index is 13.8. The first-order valence-electron chi connectivity index (χ1n) is 12.2. The molecule has 38 heavy (non-hydrogen) atoms. The summed E-state index contributed by atoms with van der Waals surface area (Å²) in [7, 11) is -4.14. The van der Waals surface area contributed by atoms with E-state index in [0.717, 1.165) is 16.3 Å². The molecule has 0 heterocycles. The Kier molecular flexibility index (Phi) is 10.2. The SMILES string of the molecule is CC[C@@H](C)NC(=O)[C@@H](C)N(Cc1ccc(Cl)cc1)C(=O)CN(c1cccc(Cl)c1)S(=O)(=O)c1ccccc1. The van der Waals surface area contributed by atoms with Gasteiger partial charge in [-0.1, -0.05) is 66.5 Å². The fourth-order valence-electron chi connectivity index (χ4n) is 3.71. The van der Waals surface area contributed by atoms with Crippen molar-refractivity contribution in [2.45, 2.75) is 50.7 Å². The van der Waals surface area contributed by atoms with E-state index in [1.54, 1.807) is 67.6 Å². The molecule has 10 heteroatoms. The van der Waals surface area contributed by atoms with Crippen LogP contribution in [-0.4, -0.2) is 43.8 Å². The van der Waals surface area contributed by atoms with Crippen LogP contribution in [0.25, 0.3) is 0 Å². The van der Waals surface area contributed by atoms with Gasteiger partial charge in [0.25, 0.3) is 10.0 Å². The Labute approximate surface area is 234 Å². The number of hydrogen-bond acceptors (Lipinski definition) is 4. The number of nitrogens with one attached hydrogen (secondary N) is 1. The van der Waals surface area contributed by atoms with Gasteiger partial charge < -0.3 is 10.2 Å². The van der Waals surface area contributed by atoms with Crippen LogP contribution < -0.4 is 9.62 Å². The van der Waals surface area contributed by atoms with E-state index in [1.165, 1.54) is 23.1 Å². The number of carbonyl (C=O) groups is 2. The molecule has 0 bridgehead atoms. The topological polar surface area (TPSA) is 86.8 Å². The lowest BCUT2D eigenvalue weighted by Crippen LogP contribution is -2.52. The van der Waals surface area contributed by atoms with Gasteiger partial charge in [0.2, 0.25) is 11.8 Å². The molecule has 2 amide bonds. The van der Waals surface area contributed by atoms with Crippen LogP contribution in [-0.2, 0) is 26.2 Å². The summed E-state index contributed by atoms with van der Waals surface area (Å²) in [4.78, 5) is 28.3. The molecule has 3 aromatic rings. The van der Waals surface area contributed by atoms with Gasteiger partial charge in [0.15, 0.2) is 0 Å². The summed E-state index contributed by atoms with van der Waals surface area (Å²) in [5.41, 5.74) is 0.976. The zero-order chi connectivity index (χ0) is 27.9. The molecule has 0 fully saturated rings. The second-order valence-corrected chi connectivity index (χ2v) is 11.7. The van der Waals surface area contributed by atoms with Crippen LogP contribution in [0.4, 0.5) is 5.69 Å². The Morgan fingerprint density at radius 3 is 2.16 bits per heavy atom. The van der Waals surface area contributed by atoms with Crippen molar-refractivity contribution in [3.8, 4) is 0 Å². The van der Waals surface area contributed by atoms with Crippen molar-refractivity contribution in [2.75, 3.05) is 10.8 Å². The van der Waals surface area contributed by atoms with Crippen LogP contribution in [0.15, 0.2) is 83.8 Å². The molecule has 3 aromatic carbocycles. The number of hydrogen-bond donors (Lipinski definition) is 1. The first-order valence-corrected chi connectivity index (χ1v) is 14.4.